The van der Waals surface area contributed by atoms with Crippen molar-refractivity contribution in [1.29, 1.82) is 0 Å². The summed E-state index contributed by atoms with van der Waals surface area (Å²) in [7, 11) is 0. The molecule has 0 bridgehead atoms. The number of amides is 2. The van der Waals surface area contributed by atoms with E-state index in [-0.39, 0.29) is 24.2 Å². The SMILES string of the molecule is CCc1ccccc1N1CC(C(=O)NCc2ccccc2CN2CCOCC2)CC1=O. The summed E-state index contributed by atoms with van der Waals surface area (Å²) in [5.41, 5.74) is 4.42. The van der Waals surface area contributed by atoms with Gasteiger partial charge in [0.15, 0.2) is 0 Å². The van der Waals surface area contributed by atoms with E-state index in [1.165, 1.54) is 5.56 Å². The van der Waals surface area contributed by atoms with E-state index in [0.717, 1.165) is 56.1 Å². The largest absolute Gasteiger partial charge is 0.379 e. The Morgan fingerprint density at radius 1 is 1.03 bits per heavy atom. The van der Waals surface area contributed by atoms with Gasteiger partial charge in [0.25, 0.3) is 0 Å². The minimum atomic E-state index is -0.316. The van der Waals surface area contributed by atoms with Gasteiger partial charge in [0.2, 0.25) is 11.8 Å². The third-order valence-corrected chi connectivity index (χ3v) is 6.23. The van der Waals surface area contributed by atoms with Crippen molar-refractivity contribution in [3.8, 4) is 0 Å². The van der Waals surface area contributed by atoms with Crippen LogP contribution in [-0.2, 0) is 33.8 Å². The second kappa shape index (κ2) is 10.1. The Morgan fingerprint density at radius 3 is 2.45 bits per heavy atom. The number of nitrogens with zero attached hydrogens (tertiary/aromatic N) is 2. The first-order chi connectivity index (χ1) is 15.2. The maximum Gasteiger partial charge on any atom is 0.227 e. The van der Waals surface area contributed by atoms with Gasteiger partial charge in [-0.2, -0.15) is 0 Å². The number of morpholine rings is 1. The van der Waals surface area contributed by atoms with Crippen LogP contribution in [0.15, 0.2) is 48.5 Å². The fourth-order valence-corrected chi connectivity index (χ4v) is 4.40. The second-order valence-corrected chi connectivity index (χ2v) is 8.26. The maximum absolute atomic E-state index is 12.9. The zero-order chi connectivity index (χ0) is 21.6. The minimum Gasteiger partial charge on any atom is -0.379 e. The summed E-state index contributed by atoms with van der Waals surface area (Å²) >= 11 is 0. The quantitative estimate of drug-likeness (QED) is 0.747. The molecule has 2 aliphatic heterocycles. The summed E-state index contributed by atoms with van der Waals surface area (Å²) in [5, 5.41) is 3.08. The lowest BCUT2D eigenvalue weighted by atomic mass is 10.1. The Kier molecular flexibility index (Phi) is 6.99. The molecule has 4 rings (SSSR count). The van der Waals surface area contributed by atoms with Crippen LogP contribution in [0.25, 0.3) is 0 Å². The molecule has 2 amide bonds. The van der Waals surface area contributed by atoms with E-state index in [4.69, 9.17) is 4.74 Å². The van der Waals surface area contributed by atoms with Crippen LogP contribution in [-0.4, -0.2) is 49.6 Å². The van der Waals surface area contributed by atoms with Crippen LogP contribution in [0.5, 0.6) is 0 Å². The number of hydrogen-bond acceptors (Lipinski definition) is 4. The molecule has 0 spiro atoms. The van der Waals surface area contributed by atoms with E-state index in [1.54, 1.807) is 4.90 Å². The molecule has 2 aromatic rings. The van der Waals surface area contributed by atoms with Crippen molar-refractivity contribution < 1.29 is 14.3 Å². The van der Waals surface area contributed by atoms with Crippen LogP contribution < -0.4 is 10.2 Å². The molecule has 0 saturated carbocycles. The van der Waals surface area contributed by atoms with Gasteiger partial charge >= 0.3 is 0 Å². The molecule has 0 aliphatic carbocycles. The van der Waals surface area contributed by atoms with Gasteiger partial charge in [0, 0.05) is 44.8 Å². The maximum atomic E-state index is 12.9. The third kappa shape index (κ3) is 5.14. The van der Waals surface area contributed by atoms with Gasteiger partial charge in [-0.25, -0.2) is 0 Å². The molecule has 1 unspecified atom stereocenters. The number of para-hydroxylation sites is 1. The van der Waals surface area contributed by atoms with E-state index >= 15 is 0 Å². The standard InChI is InChI=1S/C25H31N3O3/c1-2-19-7-5-6-10-23(19)28-18-22(15-24(28)29)25(30)26-16-20-8-3-4-9-21(20)17-27-11-13-31-14-12-27/h3-10,22H,2,11-18H2,1H3,(H,26,30). The van der Waals surface area contributed by atoms with E-state index in [0.29, 0.717) is 13.1 Å². The number of anilines is 1. The molecule has 2 fully saturated rings. The first kappa shape index (κ1) is 21.5. The van der Waals surface area contributed by atoms with E-state index < -0.39 is 0 Å². The minimum absolute atomic E-state index is 0.0220. The Labute approximate surface area is 184 Å². The smallest absolute Gasteiger partial charge is 0.227 e. The summed E-state index contributed by atoms with van der Waals surface area (Å²) in [6, 6.07) is 16.2. The monoisotopic (exact) mass is 421 g/mol. The van der Waals surface area contributed by atoms with Crippen molar-refractivity contribution in [1.82, 2.24) is 10.2 Å². The summed E-state index contributed by atoms with van der Waals surface area (Å²) < 4.78 is 5.44. The number of aryl methyl sites for hydroxylation is 1. The highest BCUT2D eigenvalue weighted by atomic mass is 16.5. The summed E-state index contributed by atoms with van der Waals surface area (Å²) in [6.07, 6.45) is 1.12. The van der Waals surface area contributed by atoms with Gasteiger partial charge < -0.3 is 15.0 Å². The average molecular weight is 422 g/mol. The normalized spacial score (nSPS) is 19.6. The average Bonchev–Trinajstić information content (AvgIpc) is 3.20. The van der Waals surface area contributed by atoms with Crippen molar-refractivity contribution in [2.24, 2.45) is 5.92 Å². The van der Waals surface area contributed by atoms with E-state index in [1.807, 2.05) is 36.4 Å². The number of carbonyl (C=O) groups is 2. The van der Waals surface area contributed by atoms with Gasteiger partial charge in [-0.05, 0) is 29.2 Å². The zero-order valence-corrected chi connectivity index (χ0v) is 18.2. The Morgan fingerprint density at radius 2 is 1.71 bits per heavy atom. The first-order valence-electron chi connectivity index (χ1n) is 11.2. The molecule has 2 aromatic carbocycles. The number of rotatable bonds is 7. The fourth-order valence-electron chi connectivity index (χ4n) is 4.40. The van der Waals surface area contributed by atoms with Crippen molar-refractivity contribution in [3.05, 3.63) is 65.2 Å². The van der Waals surface area contributed by atoms with Crippen LogP contribution in [0.3, 0.4) is 0 Å². The lowest BCUT2D eigenvalue weighted by molar-refractivity contribution is -0.126. The molecule has 0 radical (unpaired) electrons. The van der Waals surface area contributed by atoms with Crippen LogP contribution in [0.4, 0.5) is 5.69 Å². The van der Waals surface area contributed by atoms with Crippen molar-refractivity contribution in [3.63, 3.8) is 0 Å². The predicted molar refractivity (Wildman–Crippen MR) is 121 cm³/mol. The molecule has 1 atom stereocenters. The molecule has 1 N–H and O–H groups in total. The number of nitrogens with one attached hydrogen (secondary N) is 1. The first-order valence-corrected chi connectivity index (χ1v) is 11.2. The van der Waals surface area contributed by atoms with Crippen LogP contribution in [0.1, 0.15) is 30.0 Å². The van der Waals surface area contributed by atoms with Gasteiger partial charge in [-0.3, -0.25) is 14.5 Å². The fraction of sp³-hybridized carbons (Fsp3) is 0.440. The number of carbonyl (C=O) groups excluding carboxylic acids is 2. The molecular formula is C25H31N3O3. The molecule has 2 saturated heterocycles. The van der Waals surface area contributed by atoms with E-state index in [2.05, 4.69) is 29.3 Å². The van der Waals surface area contributed by atoms with Crippen molar-refractivity contribution in [2.45, 2.75) is 32.9 Å². The molecule has 0 aromatic heterocycles. The summed E-state index contributed by atoms with van der Waals surface area (Å²) in [4.78, 5) is 29.7. The topological polar surface area (TPSA) is 61.9 Å². The lowest BCUT2D eigenvalue weighted by Gasteiger charge is -2.27. The van der Waals surface area contributed by atoms with Gasteiger partial charge in [0.1, 0.15) is 0 Å². The van der Waals surface area contributed by atoms with Gasteiger partial charge in [-0.15, -0.1) is 0 Å². The highest BCUT2D eigenvalue weighted by Crippen LogP contribution is 2.28. The Balaban J connectivity index is 1.37. The Hall–Kier alpha value is -2.70. The van der Waals surface area contributed by atoms with Crippen LogP contribution in [0.2, 0.25) is 0 Å². The predicted octanol–water partition coefficient (Wildman–Crippen LogP) is 2.75. The number of ether oxygens (including phenoxy) is 1. The zero-order valence-electron chi connectivity index (χ0n) is 18.2. The molecule has 2 heterocycles. The van der Waals surface area contributed by atoms with Gasteiger partial charge in [-0.1, -0.05) is 49.4 Å². The second-order valence-electron chi connectivity index (χ2n) is 8.26. The number of benzene rings is 2. The molecule has 6 nitrogen and oxygen atoms in total. The lowest BCUT2D eigenvalue weighted by Crippen LogP contribution is -2.36. The third-order valence-electron chi connectivity index (χ3n) is 6.23. The molecule has 31 heavy (non-hydrogen) atoms. The highest BCUT2D eigenvalue weighted by Gasteiger charge is 2.35. The molecular weight excluding hydrogens is 390 g/mol. The van der Waals surface area contributed by atoms with E-state index in [9.17, 15) is 9.59 Å². The van der Waals surface area contributed by atoms with Crippen molar-refractivity contribution in [2.75, 3.05) is 37.7 Å². The molecule has 6 heteroatoms. The van der Waals surface area contributed by atoms with Crippen LogP contribution >= 0.6 is 0 Å². The summed E-state index contributed by atoms with van der Waals surface area (Å²) in [5.74, 6) is -0.344. The highest BCUT2D eigenvalue weighted by molar-refractivity contribution is 6.00. The molecule has 2 aliphatic rings. The van der Waals surface area contributed by atoms with Crippen molar-refractivity contribution >= 4 is 17.5 Å². The molecule has 164 valence electrons. The summed E-state index contributed by atoms with van der Waals surface area (Å²) in [6.45, 7) is 7.27. The van der Waals surface area contributed by atoms with Gasteiger partial charge in [0.05, 0.1) is 19.1 Å². The van der Waals surface area contributed by atoms with Crippen LogP contribution in [0, 0.1) is 5.92 Å². The Bertz CT molecular complexity index is 924. The number of hydrogen-bond donors (Lipinski definition) is 1.